The van der Waals surface area contributed by atoms with Gasteiger partial charge in [-0.3, -0.25) is 14.9 Å². The Morgan fingerprint density at radius 1 is 1.06 bits per heavy atom. The van der Waals surface area contributed by atoms with Gasteiger partial charge >= 0.3 is 6.09 Å². The Bertz CT molecular complexity index is 796. The van der Waals surface area contributed by atoms with E-state index in [2.05, 4.69) is 30.7 Å². The van der Waals surface area contributed by atoms with Gasteiger partial charge in [0.2, 0.25) is 12.2 Å². The first-order valence-electron chi connectivity index (χ1n) is 12.0. The topological polar surface area (TPSA) is 106 Å². The molecule has 8 nitrogen and oxygen atoms in total. The van der Waals surface area contributed by atoms with E-state index in [0.717, 1.165) is 32.1 Å². The number of hydrogen-bond donors (Lipinski definition) is 2. The Kier molecular flexibility index (Phi) is 8.34. The Labute approximate surface area is 196 Å². The average molecular weight is 463 g/mol. The minimum atomic E-state index is -0.703. The van der Waals surface area contributed by atoms with Gasteiger partial charge in [-0.15, -0.1) is 0 Å². The first-order valence-corrected chi connectivity index (χ1v) is 12.0. The van der Waals surface area contributed by atoms with Crippen molar-refractivity contribution in [1.29, 1.82) is 0 Å². The lowest BCUT2D eigenvalue weighted by Crippen LogP contribution is -2.33. The lowest BCUT2D eigenvalue weighted by Gasteiger charge is -2.35. The summed E-state index contributed by atoms with van der Waals surface area (Å²) in [7, 11) is 0. The number of imide groups is 1. The molecule has 8 heteroatoms. The fourth-order valence-electron chi connectivity index (χ4n) is 5.41. The number of epoxide rings is 1. The Morgan fingerprint density at radius 2 is 1.79 bits per heavy atom. The monoisotopic (exact) mass is 462 g/mol. The highest BCUT2D eigenvalue weighted by Crippen LogP contribution is 2.56. The Balaban J connectivity index is 1.40. The van der Waals surface area contributed by atoms with Crippen molar-refractivity contribution in [3.63, 3.8) is 0 Å². The van der Waals surface area contributed by atoms with Crippen molar-refractivity contribution in [2.75, 3.05) is 13.2 Å². The molecule has 1 saturated heterocycles. The maximum Gasteiger partial charge on any atom is 0.414 e. The lowest BCUT2D eigenvalue weighted by atomic mass is 9.71. The standard InChI is InChI=1S/C25H38N2O6/c1-15(2)20(28)26-22-23(33-22)31-12-9-18-7-6-17(5)25(10-8-19(18)14-25)11-13-32-24(30)27-21(29)16(3)4/h17-19,22-23H,1,3,6-14H2,2,4-5H3,(H,26,28)(H,27,29,30). The first kappa shape index (κ1) is 25.4. The van der Waals surface area contributed by atoms with Gasteiger partial charge in [-0.25, -0.2) is 4.79 Å². The van der Waals surface area contributed by atoms with Gasteiger partial charge in [0.05, 0.1) is 13.2 Å². The van der Waals surface area contributed by atoms with Gasteiger partial charge in [0.25, 0.3) is 5.91 Å². The van der Waals surface area contributed by atoms with Gasteiger partial charge in [0.1, 0.15) is 0 Å². The fourth-order valence-corrected chi connectivity index (χ4v) is 5.41. The van der Waals surface area contributed by atoms with E-state index in [4.69, 9.17) is 14.2 Å². The number of hydrogen-bond acceptors (Lipinski definition) is 6. The summed E-state index contributed by atoms with van der Waals surface area (Å²) in [6.07, 6.45) is 6.17. The van der Waals surface area contributed by atoms with Crippen molar-refractivity contribution in [2.24, 2.45) is 23.2 Å². The highest BCUT2D eigenvalue weighted by atomic mass is 16.8. The summed E-state index contributed by atoms with van der Waals surface area (Å²) in [6, 6.07) is 0. The van der Waals surface area contributed by atoms with Crippen LogP contribution in [0.1, 0.15) is 65.7 Å². The van der Waals surface area contributed by atoms with Crippen LogP contribution in [0.5, 0.6) is 0 Å². The molecule has 0 aromatic carbocycles. The fraction of sp³-hybridized carbons (Fsp3) is 0.720. The third kappa shape index (κ3) is 6.67. The van der Waals surface area contributed by atoms with E-state index >= 15 is 0 Å². The summed E-state index contributed by atoms with van der Waals surface area (Å²) >= 11 is 0. The van der Waals surface area contributed by atoms with Gasteiger partial charge < -0.3 is 19.5 Å². The van der Waals surface area contributed by atoms with Crippen molar-refractivity contribution < 1.29 is 28.6 Å². The molecule has 33 heavy (non-hydrogen) atoms. The lowest BCUT2D eigenvalue weighted by molar-refractivity contribution is -0.118. The Morgan fingerprint density at radius 3 is 2.48 bits per heavy atom. The summed E-state index contributed by atoms with van der Waals surface area (Å²) in [5.74, 6) is 1.10. The van der Waals surface area contributed by atoms with Crippen molar-refractivity contribution in [3.8, 4) is 0 Å². The maximum atomic E-state index is 11.9. The molecule has 2 N–H and O–H groups in total. The normalized spacial score (nSPS) is 32.4. The molecule has 2 saturated carbocycles. The third-order valence-corrected chi connectivity index (χ3v) is 7.68. The predicted octanol–water partition coefficient (Wildman–Crippen LogP) is 3.82. The molecule has 1 aliphatic heterocycles. The molecule has 0 spiro atoms. The van der Waals surface area contributed by atoms with Crippen molar-refractivity contribution in [2.45, 2.75) is 78.2 Å². The molecule has 0 aromatic heterocycles. The van der Waals surface area contributed by atoms with Crippen molar-refractivity contribution >= 4 is 17.9 Å². The molecular weight excluding hydrogens is 424 g/mol. The van der Waals surface area contributed by atoms with Crippen LogP contribution in [-0.4, -0.2) is 43.6 Å². The second-order valence-electron chi connectivity index (χ2n) is 10.1. The number of fused-ring (bicyclic) bond motifs is 2. The molecule has 2 aliphatic carbocycles. The predicted molar refractivity (Wildman–Crippen MR) is 123 cm³/mol. The van der Waals surface area contributed by atoms with E-state index in [9.17, 15) is 14.4 Å². The molecule has 0 radical (unpaired) electrons. The first-order chi connectivity index (χ1) is 15.6. The van der Waals surface area contributed by atoms with Gasteiger partial charge in [-0.1, -0.05) is 20.1 Å². The number of alkyl carbamates (subject to hydrolysis) is 1. The van der Waals surface area contributed by atoms with Gasteiger partial charge in [-0.2, -0.15) is 0 Å². The molecule has 3 amide bonds. The number of amides is 3. The van der Waals surface area contributed by atoms with Crippen LogP contribution in [0, 0.1) is 23.2 Å². The summed E-state index contributed by atoms with van der Waals surface area (Å²) in [4.78, 5) is 35.0. The molecule has 1 heterocycles. The van der Waals surface area contributed by atoms with E-state index in [1.54, 1.807) is 13.8 Å². The summed E-state index contributed by atoms with van der Waals surface area (Å²) in [5.41, 5.74) is 0.918. The van der Waals surface area contributed by atoms with Crippen LogP contribution >= 0.6 is 0 Å². The average Bonchev–Trinajstić information content (AvgIpc) is 3.36. The van der Waals surface area contributed by atoms with E-state index < -0.39 is 12.0 Å². The van der Waals surface area contributed by atoms with Crippen LogP contribution in [0.4, 0.5) is 4.79 Å². The minimum Gasteiger partial charge on any atom is -0.449 e. The van der Waals surface area contributed by atoms with Crippen LogP contribution in [-0.2, 0) is 23.8 Å². The zero-order chi connectivity index (χ0) is 24.2. The Hall–Kier alpha value is -2.19. The molecule has 184 valence electrons. The van der Waals surface area contributed by atoms with Gasteiger partial charge in [-0.05, 0) is 82.0 Å². The minimum absolute atomic E-state index is 0.191. The second-order valence-corrected chi connectivity index (χ2v) is 10.1. The summed E-state index contributed by atoms with van der Waals surface area (Å²) in [5, 5.41) is 4.93. The quantitative estimate of drug-likeness (QED) is 0.378. The molecule has 3 aliphatic rings. The molecular formula is C25H38N2O6. The number of ether oxygens (including phenoxy) is 3. The largest absolute Gasteiger partial charge is 0.449 e. The zero-order valence-corrected chi connectivity index (χ0v) is 20.1. The maximum absolute atomic E-state index is 11.9. The number of nitrogens with one attached hydrogen (secondary N) is 2. The second kappa shape index (κ2) is 10.8. The molecule has 0 aromatic rings. The molecule has 3 rings (SSSR count). The smallest absolute Gasteiger partial charge is 0.414 e. The molecule has 6 unspecified atom stereocenters. The molecule has 6 atom stereocenters. The number of carbonyl (C=O) groups is 3. The number of rotatable bonds is 10. The molecule has 2 bridgehead atoms. The van der Waals surface area contributed by atoms with E-state index in [1.807, 2.05) is 0 Å². The van der Waals surface area contributed by atoms with Crippen LogP contribution in [0.25, 0.3) is 0 Å². The SMILES string of the molecule is C=C(C)C(=O)NC(=O)OCCC12CCC(C1)C(CCOC1OC1NC(=O)C(=C)C)CCC2C. The van der Waals surface area contributed by atoms with Crippen LogP contribution < -0.4 is 10.6 Å². The molecule has 3 fully saturated rings. The van der Waals surface area contributed by atoms with Crippen molar-refractivity contribution in [3.05, 3.63) is 24.3 Å². The van der Waals surface area contributed by atoms with Crippen molar-refractivity contribution in [1.82, 2.24) is 10.6 Å². The van der Waals surface area contributed by atoms with Crippen LogP contribution in [0.15, 0.2) is 24.3 Å². The summed E-state index contributed by atoms with van der Waals surface area (Å²) in [6.45, 7) is 13.6. The van der Waals surface area contributed by atoms with E-state index in [1.165, 1.54) is 12.8 Å². The van der Waals surface area contributed by atoms with E-state index in [0.29, 0.717) is 36.5 Å². The van der Waals surface area contributed by atoms with Gasteiger partial charge in [0, 0.05) is 11.1 Å². The van der Waals surface area contributed by atoms with Crippen LogP contribution in [0.2, 0.25) is 0 Å². The highest BCUT2D eigenvalue weighted by Gasteiger charge is 2.47. The third-order valence-electron chi connectivity index (χ3n) is 7.68. The van der Waals surface area contributed by atoms with Gasteiger partial charge in [0.15, 0.2) is 6.23 Å². The van der Waals surface area contributed by atoms with Crippen LogP contribution in [0.3, 0.4) is 0 Å². The van der Waals surface area contributed by atoms with E-state index in [-0.39, 0.29) is 29.4 Å². The zero-order valence-electron chi connectivity index (χ0n) is 20.1. The summed E-state index contributed by atoms with van der Waals surface area (Å²) < 4.78 is 16.5. The highest BCUT2D eigenvalue weighted by molar-refractivity contribution is 6.01. The number of carbonyl (C=O) groups excluding carboxylic acids is 3.